The fraction of sp³-hybridized carbons (Fsp3) is 0.727. The molecule has 3 aliphatic rings. The minimum atomic E-state index is -0.757. The summed E-state index contributed by atoms with van der Waals surface area (Å²) < 4.78 is 24.9. The highest BCUT2D eigenvalue weighted by atomic mass is 16.7. The zero-order valence-electron chi connectivity index (χ0n) is 24.0. The molecule has 4 rings (SSSR count). The van der Waals surface area contributed by atoms with E-state index in [-0.39, 0.29) is 43.0 Å². The molecule has 40 heavy (non-hydrogen) atoms. The predicted molar refractivity (Wildman–Crippen MR) is 154 cm³/mol. The number of carboxylic acids is 1. The van der Waals surface area contributed by atoms with Gasteiger partial charge in [0, 0.05) is 26.1 Å². The summed E-state index contributed by atoms with van der Waals surface area (Å²) in [4.78, 5) is 10.8. The van der Waals surface area contributed by atoms with Gasteiger partial charge in [-0.05, 0) is 101 Å². The Kier molecular flexibility index (Phi) is 13.4. The Bertz CT molecular complexity index is 863. The number of ether oxygens (including phenoxy) is 4. The number of aliphatic carboxylic acids is 1. The van der Waals surface area contributed by atoms with Crippen molar-refractivity contribution in [1.82, 2.24) is 0 Å². The largest absolute Gasteiger partial charge is 0.481 e. The molecule has 3 fully saturated rings. The maximum Gasteiger partial charge on any atom is 0.303 e. The molecule has 2 N–H and O–H groups in total. The molecular weight excluding hydrogens is 508 g/mol. The average molecular weight is 559 g/mol. The van der Waals surface area contributed by atoms with Gasteiger partial charge in [-0.25, -0.2) is 0 Å². The van der Waals surface area contributed by atoms with Crippen molar-refractivity contribution in [2.24, 2.45) is 11.8 Å². The molecule has 7 atom stereocenters. The summed E-state index contributed by atoms with van der Waals surface area (Å²) in [5.74, 6) is -0.448. The number of rotatable bonds is 16. The number of aliphatic hydroxyl groups excluding tert-OH is 1. The SMILES string of the molecule is O=C(O)CCCC=CC[C@H]1[C@@H](O)CC(OC2CCCCO2)[C@@H]1CC[C@H](CCc1ccccc1)OC1CCCCO1. The van der Waals surface area contributed by atoms with E-state index in [0.717, 1.165) is 90.3 Å². The van der Waals surface area contributed by atoms with Crippen LogP contribution in [0.5, 0.6) is 0 Å². The lowest BCUT2D eigenvalue weighted by atomic mass is 9.85. The Morgan fingerprint density at radius 1 is 0.975 bits per heavy atom. The molecule has 2 heterocycles. The summed E-state index contributed by atoms with van der Waals surface area (Å²) in [7, 11) is 0. The molecule has 224 valence electrons. The van der Waals surface area contributed by atoms with Crippen LogP contribution in [0.4, 0.5) is 0 Å². The van der Waals surface area contributed by atoms with E-state index in [1.54, 1.807) is 0 Å². The Labute approximate surface area is 240 Å². The van der Waals surface area contributed by atoms with Gasteiger partial charge in [0.15, 0.2) is 12.6 Å². The smallest absolute Gasteiger partial charge is 0.303 e. The van der Waals surface area contributed by atoms with Crippen LogP contribution in [0.15, 0.2) is 42.5 Å². The van der Waals surface area contributed by atoms with Crippen LogP contribution in [-0.2, 0) is 30.2 Å². The van der Waals surface area contributed by atoms with Gasteiger partial charge in [-0.2, -0.15) is 0 Å². The Hall–Kier alpha value is -1.77. The molecule has 0 spiro atoms. The first-order chi connectivity index (χ1) is 19.6. The molecule has 0 bridgehead atoms. The maximum absolute atomic E-state index is 11.1. The minimum Gasteiger partial charge on any atom is -0.481 e. The fourth-order valence-corrected chi connectivity index (χ4v) is 6.46. The molecule has 1 aliphatic carbocycles. The van der Waals surface area contributed by atoms with E-state index < -0.39 is 12.1 Å². The van der Waals surface area contributed by atoms with Crippen LogP contribution < -0.4 is 0 Å². The fourth-order valence-electron chi connectivity index (χ4n) is 6.46. The number of benzene rings is 1. The molecule has 1 aromatic rings. The Morgan fingerprint density at radius 3 is 2.42 bits per heavy atom. The first kappa shape index (κ1) is 31.2. The third-order valence-corrected chi connectivity index (χ3v) is 8.70. The number of carboxylic acid groups (broad SMARTS) is 1. The van der Waals surface area contributed by atoms with Crippen molar-refractivity contribution in [1.29, 1.82) is 0 Å². The van der Waals surface area contributed by atoms with Gasteiger partial charge in [0.25, 0.3) is 0 Å². The molecule has 7 nitrogen and oxygen atoms in total. The molecule has 0 radical (unpaired) electrons. The van der Waals surface area contributed by atoms with Gasteiger partial charge in [0.1, 0.15) is 0 Å². The van der Waals surface area contributed by atoms with Gasteiger partial charge in [-0.1, -0.05) is 42.5 Å². The third kappa shape index (κ3) is 10.6. The first-order valence-corrected chi connectivity index (χ1v) is 15.7. The van der Waals surface area contributed by atoms with Crippen molar-refractivity contribution in [3.05, 3.63) is 48.0 Å². The lowest BCUT2D eigenvalue weighted by Gasteiger charge is -2.32. The van der Waals surface area contributed by atoms with Crippen LogP contribution in [0, 0.1) is 11.8 Å². The van der Waals surface area contributed by atoms with Crippen molar-refractivity contribution in [3.8, 4) is 0 Å². The molecular formula is C33H50O7. The molecule has 0 aromatic heterocycles. The number of carbonyl (C=O) groups is 1. The van der Waals surface area contributed by atoms with E-state index in [1.165, 1.54) is 5.56 Å². The molecule has 2 saturated heterocycles. The summed E-state index contributed by atoms with van der Waals surface area (Å²) >= 11 is 0. The lowest BCUT2D eigenvalue weighted by molar-refractivity contribution is -0.200. The van der Waals surface area contributed by atoms with E-state index in [4.69, 9.17) is 24.1 Å². The van der Waals surface area contributed by atoms with E-state index in [9.17, 15) is 9.90 Å². The van der Waals surface area contributed by atoms with E-state index >= 15 is 0 Å². The van der Waals surface area contributed by atoms with Crippen LogP contribution in [0.3, 0.4) is 0 Å². The second-order valence-electron chi connectivity index (χ2n) is 11.8. The highest BCUT2D eigenvalue weighted by Crippen LogP contribution is 2.41. The van der Waals surface area contributed by atoms with Crippen molar-refractivity contribution < 1.29 is 34.0 Å². The molecule has 3 unspecified atom stereocenters. The van der Waals surface area contributed by atoms with Crippen LogP contribution in [0.25, 0.3) is 0 Å². The standard InChI is InChI=1S/C33H50O7/c34-29-24-30(40-33-17-9-11-23-38-33)28(27(29)14-6-1-2-7-15-31(35)36)21-20-26(39-32-16-8-10-22-37-32)19-18-25-12-4-3-5-13-25/h1,3-6,12-13,26-30,32-34H,2,7-11,14-24H2,(H,35,36)/t26-,27+,28+,29-,30?,32?,33?/m0/s1. The van der Waals surface area contributed by atoms with E-state index in [2.05, 4.69) is 42.5 Å². The molecule has 1 aromatic carbocycles. The van der Waals surface area contributed by atoms with Gasteiger partial charge in [0.05, 0.1) is 18.3 Å². The number of aryl methyl sites for hydroxylation is 1. The van der Waals surface area contributed by atoms with Gasteiger partial charge in [0.2, 0.25) is 0 Å². The van der Waals surface area contributed by atoms with Gasteiger partial charge < -0.3 is 29.2 Å². The quantitative estimate of drug-likeness (QED) is 0.179. The number of allylic oxidation sites excluding steroid dienone is 2. The monoisotopic (exact) mass is 558 g/mol. The van der Waals surface area contributed by atoms with Crippen LogP contribution >= 0.6 is 0 Å². The molecule has 0 amide bonds. The van der Waals surface area contributed by atoms with Crippen molar-refractivity contribution in [2.75, 3.05) is 13.2 Å². The average Bonchev–Trinajstić information content (AvgIpc) is 3.26. The summed E-state index contributed by atoms with van der Waals surface area (Å²) in [6.07, 6.45) is 16.5. The van der Waals surface area contributed by atoms with E-state index in [1.807, 2.05) is 0 Å². The van der Waals surface area contributed by atoms with Crippen LogP contribution in [0.2, 0.25) is 0 Å². The van der Waals surface area contributed by atoms with Crippen molar-refractivity contribution in [2.45, 2.75) is 127 Å². The topological polar surface area (TPSA) is 94.5 Å². The van der Waals surface area contributed by atoms with Gasteiger partial charge >= 0.3 is 5.97 Å². The number of aliphatic hydroxyl groups is 1. The maximum atomic E-state index is 11.1. The number of unbranched alkanes of at least 4 members (excludes halogenated alkanes) is 1. The Morgan fingerprint density at radius 2 is 1.73 bits per heavy atom. The zero-order valence-corrected chi connectivity index (χ0v) is 24.0. The second kappa shape index (κ2) is 17.2. The summed E-state index contributed by atoms with van der Waals surface area (Å²) in [5.41, 5.74) is 1.32. The highest BCUT2D eigenvalue weighted by molar-refractivity contribution is 5.66. The van der Waals surface area contributed by atoms with Crippen LogP contribution in [0.1, 0.15) is 95.5 Å². The lowest BCUT2D eigenvalue weighted by Crippen LogP contribution is -2.33. The Balaban J connectivity index is 1.39. The normalized spacial score (nSPS) is 30.0. The summed E-state index contributed by atoms with van der Waals surface area (Å²) in [6.45, 7) is 1.51. The molecule has 7 heteroatoms. The van der Waals surface area contributed by atoms with E-state index in [0.29, 0.717) is 12.8 Å². The second-order valence-corrected chi connectivity index (χ2v) is 11.8. The summed E-state index contributed by atoms with van der Waals surface area (Å²) in [6, 6.07) is 10.6. The summed E-state index contributed by atoms with van der Waals surface area (Å²) in [5, 5.41) is 20.0. The van der Waals surface area contributed by atoms with Gasteiger partial charge in [-0.3, -0.25) is 4.79 Å². The number of hydrogen-bond acceptors (Lipinski definition) is 6. The third-order valence-electron chi connectivity index (χ3n) is 8.70. The minimum absolute atomic E-state index is 0.0378. The number of hydrogen-bond donors (Lipinski definition) is 2. The van der Waals surface area contributed by atoms with Gasteiger partial charge in [-0.15, -0.1) is 0 Å². The first-order valence-electron chi connectivity index (χ1n) is 15.7. The van der Waals surface area contributed by atoms with Crippen molar-refractivity contribution >= 4 is 5.97 Å². The van der Waals surface area contributed by atoms with Crippen molar-refractivity contribution in [3.63, 3.8) is 0 Å². The molecule has 1 saturated carbocycles. The molecule has 2 aliphatic heterocycles. The zero-order chi connectivity index (χ0) is 28.0. The highest BCUT2D eigenvalue weighted by Gasteiger charge is 2.43. The van der Waals surface area contributed by atoms with Crippen LogP contribution in [-0.4, -0.2) is 60.3 Å². The predicted octanol–water partition coefficient (Wildman–Crippen LogP) is 6.42.